The van der Waals surface area contributed by atoms with E-state index in [0.717, 1.165) is 17.2 Å². The highest BCUT2D eigenvalue weighted by Gasteiger charge is 2.00. The van der Waals surface area contributed by atoms with Crippen molar-refractivity contribution in [2.24, 2.45) is 0 Å². The van der Waals surface area contributed by atoms with Gasteiger partial charge in [-0.25, -0.2) is 4.79 Å². The fourth-order valence-corrected chi connectivity index (χ4v) is 1.31. The Morgan fingerprint density at radius 3 is 2.47 bits per heavy atom. The number of benzene rings is 1. The van der Waals surface area contributed by atoms with Crippen LogP contribution in [0.1, 0.15) is 17.5 Å². The Bertz CT molecular complexity index is 418. The van der Waals surface area contributed by atoms with Crippen molar-refractivity contribution in [2.75, 3.05) is 7.11 Å². The molecule has 0 spiro atoms. The van der Waals surface area contributed by atoms with Crippen LogP contribution >= 0.6 is 0 Å². The molecule has 90 valence electrons. The lowest BCUT2D eigenvalue weighted by molar-refractivity contribution is -0.140. The van der Waals surface area contributed by atoms with Gasteiger partial charge in [-0.05, 0) is 23.6 Å². The fraction of sp³-hybridized carbons (Fsp3) is 0.231. The molecule has 0 aliphatic rings. The van der Waals surface area contributed by atoms with Gasteiger partial charge in [0.1, 0.15) is 0 Å². The molecule has 0 aromatic heterocycles. The number of carbonyl (C=O) groups is 2. The van der Waals surface area contributed by atoms with Crippen LogP contribution in [0.15, 0.2) is 30.3 Å². The van der Waals surface area contributed by atoms with Crippen LogP contribution in [0.3, 0.4) is 0 Å². The maximum atomic E-state index is 10.9. The second-order valence-corrected chi connectivity index (χ2v) is 3.49. The van der Waals surface area contributed by atoms with Crippen LogP contribution in [0.25, 0.3) is 6.08 Å². The number of methoxy groups -OCH3 is 1. The van der Waals surface area contributed by atoms with Crippen molar-refractivity contribution in [1.29, 1.82) is 0 Å². The molecule has 0 saturated heterocycles. The zero-order chi connectivity index (χ0) is 12.7. The average Bonchev–Trinajstić information content (AvgIpc) is 2.34. The summed E-state index contributed by atoms with van der Waals surface area (Å²) in [7, 11) is 1.36. The molecular formula is C13H14O4. The van der Waals surface area contributed by atoms with Gasteiger partial charge in [-0.2, -0.15) is 0 Å². The van der Waals surface area contributed by atoms with E-state index >= 15 is 0 Å². The quantitative estimate of drug-likeness (QED) is 0.624. The Morgan fingerprint density at radius 2 is 1.94 bits per heavy atom. The van der Waals surface area contributed by atoms with E-state index in [2.05, 4.69) is 4.74 Å². The number of rotatable bonds is 5. The van der Waals surface area contributed by atoms with E-state index in [1.807, 2.05) is 24.3 Å². The third kappa shape index (κ3) is 4.97. The number of aryl methyl sites for hydroxylation is 1. The molecule has 0 aliphatic heterocycles. The van der Waals surface area contributed by atoms with Gasteiger partial charge in [0, 0.05) is 12.5 Å². The van der Waals surface area contributed by atoms with Crippen molar-refractivity contribution in [3.63, 3.8) is 0 Å². The molecule has 1 aromatic carbocycles. The van der Waals surface area contributed by atoms with Crippen molar-refractivity contribution in [3.05, 3.63) is 41.5 Å². The summed E-state index contributed by atoms with van der Waals surface area (Å²) in [6.45, 7) is 0. The molecular weight excluding hydrogens is 220 g/mol. The Morgan fingerprint density at radius 1 is 1.29 bits per heavy atom. The maximum Gasteiger partial charge on any atom is 0.328 e. The maximum absolute atomic E-state index is 10.9. The Hall–Kier alpha value is -2.10. The summed E-state index contributed by atoms with van der Waals surface area (Å²) in [6.07, 6.45) is 3.58. The van der Waals surface area contributed by atoms with Crippen LogP contribution in [0.5, 0.6) is 0 Å². The number of aliphatic carboxylic acids is 1. The summed E-state index contributed by atoms with van der Waals surface area (Å²) >= 11 is 0. The molecule has 0 saturated carbocycles. The lowest BCUT2D eigenvalue weighted by Crippen LogP contribution is -2.01. The molecule has 1 aromatic rings. The first-order chi connectivity index (χ1) is 8.11. The first-order valence-electron chi connectivity index (χ1n) is 5.18. The van der Waals surface area contributed by atoms with Gasteiger partial charge in [0.15, 0.2) is 0 Å². The van der Waals surface area contributed by atoms with Gasteiger partial charge in [-0.3, -0.25) is 4.79 Å². The van der Waals surface area contributed by atoms with Crippen molar-refractivity contribution < 1.29 is 19.4 Å². The molecule has 17 heavy (non-hydrogen) atoms. The minimum absolute atomic E-state index is 0.236. The van der Waals surface area contributed by atoms with Crippen LogP contribution in [0, 0.1) is 0 Å². The van der Waals surface area contributed by atoms with E-state index in [4.69, 9.17) is 5.11 Å². The number of esters is 1. The van der Waals surface area contributed by atoms with E-state index in [-0.39, 0.29) is 5.97 Å². The lowest BCUT2D eigenvalue weighted by atomic mass is 10.1. The first-order valence-corrected chi connectivity index (χ1v) is 5.18. The van der Waals surface area contributed by atoms with Crippen LogP contribution < -0.4 is 0 Å². The molecule has 0 radical (unpaired) electrons. The summed E-state index contributed by atoms with van der Waals surface area (Å²) < 4.78 is 4.55. The highest BCUT2D eigenvalue weighted by Crippen LogP contribution is 2.08. The first kappa shape index (κ1) is 13.0. The number of hydrogen-bond donors (Lipinski definition) is 1. The molecule has 0 heterocycles. The van der Waals surface area contributed by atoms with E-state index in [1.165, 1.54) is 13.2 Å². The lowest BCUT2D eigenvalue weighted by Gasteiger charge is -2.01. The summed E-state index contributed by atoms with van der Waals surface area (Å²) in [6, 6.07) is 7.35. The van der Waals surface area contributed by atoms with Crippen molar-refractivity contribution in [1.82, 2.24) is 0 Å². The zero-order valence-electron chi connectivity index (χ0n) is 9.55. The van der Waals surface area contributed by atoms with Crippen molar-refractivity contribution in [3.8, 4) is 0 Å². The SMILES string of the molecule is COC(=O)CCc1ccc(/C=C/C(=O)O)cc1. The van der Waals surface area contributed by atoms with Crippen LogP contribution in [-0.4, -0.2) is 24.2 Å². The fourth-order valence-electron chi connectivity index (χ4n) is 1.31. The van der Waals surface area contributed by atoms with Crippen molar-refractivity contribution >= 4 is 18.0 Å². The van der Waals surface area contributed by atoms with Gasteiger partial charge < -0.3 is 9.84 Å². The predicted octanol–water partition coefficient (Wildman–Crippen LogP) is 1.89. The zero-order valence-corrected chi connectivity index (χ0v) is 9.55. The highest BCUT2D eigenvalue weighted by molar-refractivity contribution is 5.85. The number of carboxylic acid groups (broad SMARTS) is 1. The van der Waals surface area contributed by atoms with E-state index in [9.17, 15) is 9.59 Å². The van der Waals surface area contributed by atoms with E-state index < -0.39 is 5.97 Å². The van der Waals surface area contributed by atoms with E-state index in [1.54, 1.807) is 0 Å². The molecule has 0 bridgehead atoms. The summed E-state index contributed by atoms with van der Waals surface area (Å²) in [5.41, 5.74) is 1.83. The monoisotopic (exact) mass is 234 g/mol. The molecule has 1 N–H and O–H groups in total. The standard InChI is InChI=1S/C13H14O4/c1-17-13(16)9-7-11-4-2-10(3-5-11)6-8-12(14)15/h2-6,8H,7,9H2,1H3,(H,14,15)/b8-6+. The second-order valence-electron chi connectivity index (χ2n) is 3.49. The topological polar surface area (TPSA) is 63.6 Å². The Balaban J connectivity index is 2.56. The smallest absolute Gasteiger partial charge is 0.328 e. The molecule has 0 fully saturated rings. The minimum atomic E-state index is -0.972. The molecule has 0 unspecified atom stereocenters. The summed E-state index contributed by atoms with van der Waals surface area (Å²) in [5, 5.41) is 8.46. The van der Waals surface area contributed by atoms with Crippen molar-refractivity contribution in [2.45, 2.75) is 12.8 Å². The number of ether oxygens (including phenoxy) is 1. The molecule has 0 aliphatic carbocycles. The second kappa shape index (κ2) is 6.48. The minimum Gasteiger partial charge on any atom is -0.478 e. The molecule has 0 amide bonds. The summed E-state index contributed by atoms with van der Waals surface area (Å²) in [5.74, 6) is -1.21. The third-order valence-electron chi connectivity index (χ3n) is 2.24. The van der Waals surface area contributed by atoms with Gasteiger partial charge in [-0.15, -0.1) is 0 Å². The average molecular weight is 234 g/mol. The Kier molecular flexibility index (Phi) is 4.94. The molecule has 0 atom stereocenters. The van der Waals surface area contributed by atoms with E-state index in [0.29, 0.717) is 12.8 Å². The number of carbonyl (C=O) groups excluding carboxylic acids is 1. The van der Waals surface area contributed by atoms with Crippen LogP contribution in [0.4, 0.5) is 0 Å². The normalized spacial score (nSPS) is 10.4. The Labute approximate surface area is 99.5 Å². The largest absolute Gasteiger partial charge is 0.478 e. The van der Waals surface area contributed by atoms with Gasteiger partial charge in [-0.1, -0.05) is 24.3 Å². The van der Waals surface area contributed by atoms with Gasteiger partial charge >= 0.3 is 11.9 Å². The molecule has 4 nitrogen and oxygen atoms in total. The summed E-state index contributed by atoms with van der Waals surface area (Å²) in [4.78, 5) is 21.2. The van der Waals surface area contributed by atoms with Crippen LogP contribution in [0.2, 0.25) is 0 Å². The van der Waals surface area contributed by atoms with Gasteiger partial charge in [0.2, 0.25) is 0 Å². The van der Waals surface area contributed by atoms with Crippen LogP contribution in [-0.2, 0) is 20.7 Å². The number of carboxylic acids is 1. The molecule has 1 rings (SSSR count). The van der Waals surface area contributed by atoms with Gasteiger partial charge in [0.25, 0.3) is 0 Å². The highest BCUT2D eigenvalue weighted by atomic mass is 16.5. The predicted molar refractivity (Wildman–Crippen MR) is 63.4 cm³/mol. The molecule has 4 heteroatoms. The van der Waals surface area contributed by atoms with Gasteiger partial charge in [0.05, 0.1) is 7.11 Å². The number of hydrogen-bond acceptors (Lipinski definition) is 3. The third-order valence-corrected chi connectivity index (χ3v) is 2.24.